The van der Waals surface area contributed by atoms with Gasteiger partial charge in [0, 0.05) is 6.04 Å². The molecular weight excluding hydrogens is 194 g/mol. The minimum atomic E-state index is -0.773. The van der Waals surface area contributed by atoms with Crippen molar-refractivity contribution >= 4 is 5.97 Å². The van der Waals surface area contributed by atoms with Gasteiger partial charge in [-0.3, -0.25) is 9.69 Å². The minimum absolute atomic E-state index is 0.102. The third-order valence-electron chi connectivity index (χ3n) is 2.56. The summed E-state index contributed by atoms with van der Waals surface area (Å²) >= 11 is 0. The molecule has 0 bridgehead atoms. The molecule has 1 aliphatic carbocycles. The summed E-state index contributed by atoms with van der Waals surface area (Å²) in [6.07, 6.45) is 2.21. The van der Waals surface area contributed by atoms with E-state index in [1.807, 2.05) is 24.0 Å². The van der Waals surface area contributed by atoms with Gasteiger partial charge in [-0.2, -0.15) is 0 Å². The van der Waals surface area contributed by atoms with E-state index in [-0.39, 0.29) is 6.54 Å². The molecule has 1 heterocycles. The van der Waals surface area contributed by atoms with Gasteiger partial charge < -0.3 is 9.52 Å². The Kier molecular flexibility index (Phi) is 2.77. The molecule has 0 atom stereocenters. The lowest BCUT2D eigenvalue weighted by atomic mass is 10.3. The number of aryl methyl sites for hydroxylation is 1. The lowest BCUT2D eigenvalue weighted by Crippen LogP contribution is -2.31. The van der Waals surface area contributed by atoms with Crippen LogP contribution in [-0.2, 0) is 11.3 Å². The largest absolute Gasteiger partial charge is 0.480 e. The van der Waals surface area contributed by atoms with Crippen LogP contribution in [0.2, 0.25) is 0 Å². The fraction of sp³-hybridized carbons (Fsp3) is 0.545. The molecule has 1 aromatic rings. The third kappa shape index (κ3) is 2.83. The molecule has 4 heteroatoms. The van der Waals surface area contributed by atoms with Gasteiger partial charge in [0.05, 0.1) is 13.1 Å². The van der Waals surface area contributed by atoms with Crippen molar-refractivity contribution in [2.75, 3.05) is 6.54 Å². The number of carboxylic acids is 1. The Balaban J connectivity index is 1.96. The molecule has 1 aromatic heterocycles. The zero-order chi connectivity index (χ0) is 10.8. The normalized spacial score (nSPS) is 15.9. The van der Waals surface area contributed by atoms with Gasteiger partial charge in [-0.15, -0.1) is 0 Å². The van der Waals surface area contributed by atoms with Crippen LogP contribution in [0.3, 0.4) is 0 Å². The summed E-state index contributed by atoms with van der Waals surface area (Å²) < 4.78 is 5.44. The molecule has 2 rings (SSSR count). The number of hydrogen-bond donors (Lipinski definition) is 1. The highest BCUT2D eigenvalue weighted by molar-refractivity contribution is 5.69. The van der Waals surface area contributed by atoms with Gasteiger partial charge in [0.15, 0.2) is 0 Å². The van der Waals surface area contributed by atoms with Gasteiger partial charge in [-0.25, -0.2) is 0 Å². The first kappa shape index (κ1) is 10.2. The number of carbonyl (C=O) groups is 1. The predicted molar refractivity (Wildman–Crippen MR) is 54.5 cm³/mol. The van der Waals surface area contributed by atoms with Crippen LogP contribution >= 0.6 is 0 Å². The summed E-state index contributed by atoms with van der Waals surface area (Å²) in [5, 5.41) is 8.77. The Morgan fingerprint density at radius 3 is 2.80 bits per heavy atom. The van der Waals surface area contributed by atoms with Crippen molar-refractivity contribution in [3.8, 4) is 0 Å². The lowest BCUT2D eigenvalue weighted by Gasteiger charge is -2.17. The topological polar surface area (TPSA) is 53.7 Å². The van der Waals surface area contributed by atoms with E-state index in [9.17, 15) is 4.79 Å². The van der Waals surface area contributed by atoms with E-state index in [2.05, 4.69) is 0 Å². The molecule has 1 saturated carbocycles. The van der Waals surface area contributed by atoms with Gasteiger partial charge >= 0.3 is 5.97 Å². The van der Waals surface area contributed by atoms with E-state index in [4.69, 9.17) is 9.52 Å². The molecule has 0 unspecified atom stereocenters. The molecule has 0 saturated heterocycles. The maximum absolute atomic E-state index is 10.7. The molecule has 0 spiro atoms. The Hall–Kier alpha value is -1.29. The average molecular weight is 209 g/mol. The van der Waals surface area contributed by atoms with Crippen LogP contribution in [0.15, 0.2) is 16.5 Å². The number of furan rings is 1. The molecule has 0 radical (unpaired) electrons. The fourth-order valence-corrected chi connectivity index (χ4v) is 1.70. The predicted octanol–water partition coefficient (Wildman–Crippen LogP) is 1.64. The zero-order valence-corrected chi connectivity index (χ0v) is 8.77. The van der Waals surface area contributed by atoms with E-state index in [1.54, 1.807) is 0 Å². The number of carboxylic acid groups (broad SMARTS) is 1. The summed E-state index contributed by atoms with van der Waals surface area (Å²) in [5.74, 6) is 0.946. The Bertz CT molecular complexity index is 354. The highest BCUT2D eigenvalue weighted by Gasteiger charge is 2.30. The molecular formula is C11H15NO3. The van der Waals surface area contributed by atoms with Gasteiger partial charge in [0.2, 0.25) is 0 Å². The quantitative estimate of drug-likeness (QED) is 0.800. The Morgan fingerprint density at radius 2 is 2.33 bits per heavy atom. The van der Waals surface area contributed by atoms with Gasteiger partial charge in [0.25, 0.3) is 0 Å². The van der Waals surface area contributed by atoms with E-state index in [0.717, 1.165) is 24.4 Å². The van der Waals surface area contributed by atoms with Crippen molar-refractivity contribution in [1.82, 2.24) is 4.90 Å². The highest BCUT2D eigenvalue weighted by atomic mass is 16.4. The zero-order valence-electron chi connectivity index (χ0n) is 8.77. The van der Waals surface area contributed by atoms with Crippen molar-refractivity contribution in [2.45, 2.75) is 32.4 Å². The van der Waals surface area contributed by atoms with E-state index < -0.39 is 5.97 Å². The van der Waals surface area contributed by atoms with Crippen LogP contribution in [0.1, 0.15) is 24.4 Å². The lowest BCUT2D eigenvalue weighted by molar-refractivity contribution is -0.138. The minimum Gasteiger partial charge on any atom is -0.480 e. The molecule has 0 aromatic carbocycles. The van der Waals surface area contributed by atoms with Crippen molar-refractivity contribution in [2.24, 2.45) is 0 Å². The Labute approximate surface area is 88.5 Å². The van der Waals surface area contributed by atoms with Gasteiger partial charge in [0.1, 0.15) is 11.5 Å². The number of nitrogens with zero attached hydrogens (tertiary/aromatic N) is 1. The molecule has 1 fully saturated rings. The fourth-order valence-electron chi connectivity index (χ4n) is 1.70. The second kappa shape index (κ2) is 4.06. The molecule has 82 valence electrons. The average Bonchev–Trinajstić information content (AvgIpc) is 2.90. The summed E-state index contributed by atoms with van der Waals surface area (Å²) in [5.41, 5.74) is 0. The van der Waals surface area contributed by atoms with Crippen LogP contribution in [-0.4, -0.2) is 28.6 Å². The SMILES string of the molecule is Cc1ccc(CN(CC(=O)O)C2CC2)o1. The van der Waals surface area contributed by atoms with Crippen LogP contribution in [0.25, 0.3) is 0 Å². The summed E-state index contributed by atoms with van der Waals surface area (Å²) in [7, 11) is 0. The van der Waals surface area contributed by atoms with E-state index in [1.165, 1.54) is 0 Å². The van der Waals surface area contributed by atoms with Crippen molar-refractivity contribution in [3.05, 3.63) is 23.7 Å². The van der Waals surface area contributed by atoms with Crippen molar-refractivity contribution < 1.29 is 14.3 Å². The van der Waals surface area contributed by atoms with Crippen molar-refractivity contribution in [3.63, 3.8) is 0 Å². The Morgan fingerprint density at radius 1 is 1.60 bits per heavy atom. The van der Waals surface area contributed by atoms with Crippen molar-refractivity contribution in [1.29, 1.82) is 0 Å². The molecule has 1 N–H and O–H groups in total. The van der Waals surface area contributed by atoms with Crippen LogP contribution in [0.5, 0.6) is 0 Å². The van der Waals surface area contributed by atoms with Gasteiger partial charge in [-0.05, 0) is 31.9 Å². The second-order valence-corrected chi connectivity index (χ2v) is 4.04. The molecule has 15 heavy (non-hydrogen) atoms. The third-order valence-corrected chi connectivity index (χ3v) is 2.56. The highest BCUT2D eigenvalue weighted by Crippen LogP contribution is 2.28. The standard InChI is InChI=1S/C11H15NO3/c1-8-2-5-10(15-8)6-12(7-11(13)14)9-3-4-9/h2,5,9H,3-4,6-7H2,1H3,(H,13,14). The number of rotatable bonds is 5. The summed E-state index contributed by atoms with van der Waals surface area (Å²) in [6.45, 7) is 2.59. The monoisotopic (exact) mass is 209 g/mol. The maximum atomic E-state index is 10.7. The molecule has 1 aliphatic rings. The van der Waals surface area contributed by atoms with Crippen LogP contribution in [0, 0.1) is 6.92 Å². The summed E-state index contributed by atoms with van der Waals surface area (Å²) in [4.78, 5) is 12.6. The van der Waals surface area contributed by atoms with E-state index in [0.29, 0.717) is 12.6 Å². The van der Waals surface area contributed by atoms with Crippen LogP contribution in [0.4, 0.5) is 0 Å². The summed E-state index contributed by atoms with van der Waals surface area (Å²) in [6, 6.07) is 4.25. The van der Waals surface area contributed by atoms with Gasteiger partial charge in [-0.1, -0.05) is 0 Å². The smallest absolute Gasteiger partial charge is 0.317 e. The molecule has 4 nitrogen and oxygen atoms in total. The second-order valence-electron chi connectivity index (χ2n) is 4.04. The first-order chi connectivity index (χ1) is 7.15. The maximum Gasteiger partial charge on any atom is 0.317 e. The number of aliphatic carboxylic acids is 1. The number of hydrogen-bond acceptors (Lipinski definition) is 3. The first-order valence-electron chi connectivity index (χ1n) is 5.16. The van der Waals surface area contributed by atoms with Crippen LogP contribution < -0.4 is 0 Å². The van der Waals surface area contributed by atoms with E-state index >= 15 is 0 Å². The molecule has 0 aliphatic heterocycles. The molecule has 0 amide bonds. The first-order valence-corrected chi connectivity index (χ1v) is 5.16.